The van der Waals surface area contributed by atoms with Crippen LogP contribution >= 0.6 is 0 Å². The van der Waals surface area contributed by atoms with Crippen LogP contribution < -0.4 is 24.7 Å². The van der Waals surface area contributed by atoms with Crippen molar-refractivity contribution in [1.82, 2.24) is 0 Å². The number of methoxy groups -OCH3 is 4. The van der Waals surface area contributed by atoms with E-state index < -0.39 is 0 Å². The number of rotatable bonds is 6. The Bertz CT molecular complexity index is 889. The third-order valence-electron chi connectivity index (χ3n) is 5.46. The van der Waals surface area contributed by atoms with Crippen LogP contribution in [0.1, 0.15) is 36.5 Å². The molecule has 1 aliphatic carbocycles. The van der Waals surface area contributed by atoms with Gasteiger partial charge in [0.25, 0.3) is 0 Å². The highest BCUT2D eigenvalue weighted by Gasteiger charge is 2.26. The lowest BCUT2D eigenvalue weighted by atomic mass is 9.91. The SMILES string of the molecule is CCC1C=C(c2ccc(OC)c(N)c2)c2cc(OC)c(OC)c(OC)c2CC1. The molecule has 1 atom stereocenters. The number of ether oxygens (including phenoxy) is 4. The monoisotopic (exact) mass is 383 g/mol. The molecule has 28 heavy (non-hydrogen) atoms. The summed E-state index contributed by atoms with van der Waals surface area (Å²) < 4.78 is 22.3. The van der Waals surface area contributed by atoms with Gasteiger partial charge in [0.1, 0.15) is 5.75 Å². The maximum Gasteiger partial charge on any atom is 0.203 e. The normalized spacial score (nSPS) is 15.9. The van der Waals surface area contributed by atoms with E-state index in [1.54, 1.807) is 28.4 Å². The number of nitrogens with two attached hydrogens (primary N) is 1. The van der Waals surface area contributed by atoms with E-state index in [0.29, 0.717) is 28.9 Å². The second kappa shape index (κ2) is 8.46. The van der Waals surface area contributed by atoms with Crippen molar-refractivity contribution in [2.24, 2.45) is 5.92 Å². The molecule has 2 aromatic rings. The molecule has 1 aliphatic rings. The molecule has 150 valence electrons. The summed E-state index contributed by atoms with van der Waals surface area (Å²) in [6.45, 7) is 2.22. The highest BCUT2D eigenvalue weighted by Crippen LogP contribution is 2.47. The summed E-state index contributed by atoms with van der Waals surface area (Å²) in [6, 6.07) is 7.97. The topological polar surface area (TPSA) is 62.9 Å². The third kappa shape index (κ3) is 3.49. The van der Waals surface area contributed by atoms with E-state index in [4.69, 9.17) is 24.7 Å². The summed E-state index contributed by atoms with van der Waals surface area (Å²) in [5.74, 6) is 3.16. The Labute approximate surface area is 167 Å². The molecule has 0 amide bonds. The van der Waals surface area contributed by atoms with Crippen molar-refractivity contribution in [2.75, 3.05) is 34.2 Å². The average Bonchev–Trinajstić information content (AvgIpc) is 2.91. The standard InChI is InChI=1S/C23H29NO4/c1-6-14-7-9-16-18(13-21(26-3)23(28-5)22(16)27-4)17(11-14)15-8-10-20(25-2)19(24)12-15/h8,10-14H,6-7,9,24H2,1-5H3. The number of allylic oxidation sites excluding steroid dienone is 1. The minimum absolute atomic E-state index is 0.465. The number of nitrogen functional groups attached to an aromatic ring is 1. The molecule has 0 radical (unpaired) electrons. The van der Waals surface area contributed by atoms with Crippen molar-refractivity contribution in [3.63, 3.8) is 0 Å². The lowest BCUT2D eigenvalue weighted by molar-refractivity contribution is 0.321. The van der Waals surface area contributed by atoms with Crippen LogP contribution in [0.15, 0.2) is 30.3 Å². The quantitative estimate of drug-likeness (QED) is 0.732. The molecule has 1 unspecified atom stereocenters. The predicted molar refractivity (Wildman–Crippen MR) is 113 cm³/mol. The average molecular weight is 383 g/mol. The predicted octanol–water partition coefficient (Wildman–Crippen LogP) is 4.71. The van der Waals surface area contributed by atoms with E-state index >= 15 is 0 Å². The molecule has 3 rings (SSSR count). The molecule has 0 fully saturated rings. The molecule has 0 saturated carbocycles. The summed E-state index contributed by atoms with van der Waals surface area (Å²) in [4.78, 5) is 0. The lowest BCUT2D eigenvalue weighted by Crippen LogP contribution is -2.03. The molecule has 0 aromatic heterocycles. The maximum absolute atomic E-state index is 6.20. The molecule has 5 nitrogen and oxygen atoms in total. The fourth-order valence-electron chi connectivity index (χ4n) is 3.92. The van der Waals surface area contributed by atoms with Gasteiger partial charge in [0.2, 0.25) is 5.75 Å². The molecule has 2 N–H and O–H groups in total. The zero-order valence-electron chi connectivity index (χ0n) is 17.3. The van der Waals surface area contributed by atoms with Crippen molar-refractivity contribution < 1.29 is 18.9 Å². The Morgan fingerprint density at radius 1 is 0.929 bits per heavy atom. The van der Waals surface area contributed by atoms with E-state index in [-0.39, 0.29) is 0 Å². The van der Waals surface area contributed by atoms with Gasteiger partial charge in [-0.05, 0) is 60.1 Å². The summed E-state index contributed by atoms with van der Waals surface area (Å²) in [5.41, 5.74) is 11.2. The second-order valence-corrected chi connectivity index (χ2v) is 6.92. The van der Waals surface area contributed by atoms with Crippen molar-refractivity contribution in [3.05, 3.63) is 47.0 Å². The van der Waals surface area contributed by atoms with Crippen LogP contribution in [0.4, 0.5) is 5.69 Å². The Balaban J connectivity index is 2.27. The van der Waals surface area contributed by atoms with Gasteiger partial charge in [0, 0.05) is 5.56 Å². The second-order valence-electron chi connectivity index (χ2n) is 6.92. The van der Waals surface area contributed by atoms with E-state index in [0.717, 1.165) is 47.3 Å². The van der Waals surface area contributed by atoms with Crippen LogP contribution in [0.3, 0.4) is 0 Å². The molecule has 0 aliphatic heterocycles. The van der Waals surface area contributed by atoms with Gasteiger partial charge in [0.15, 0.2) is 11.5 Å². The van der Waals surface area contributed by atoms with Gasteiger partial charge in [-0.15, -0.1) is 0 Å². The van der Waals surface area contributed by atoms with Gasteiger partial charge in [-0.2, -0.15) is 0 Å². The molecular formula is C23H29NO4. The number of benzene rings is 2. The van der Waals surface area contributed by atoms with Gasteiger partial charge in [0.05, 0.1) is 34.1 Å². The Morgan fingerprint density at radius 3 is 2.21 bits per heavy atom. The van der Waals surface area contributed by atoms with Crippen LogP contribution in [0.2, 0.25) is 0 Å². The van der Waals surface area contributed by atoms with E-state index in [2.05, 4.69) is 13.0 Å². The lowest BCUT2D eigenvalue weighted by Gasteiger charge is -2.20. The molecule has 0 spiro atoms. The van der Waals surface area contributed by atoms with Crippen molar-refractivity contribution >= 4 is 11.3 Å². The van der Waals surface area contributed by atoms with Crippen LogP contribution in [0, 0.1) is 5.92 Å². The first-order valence-electron chi connectivity index (χ1n) is 9.55. The molecule has 0 heterocycles. The van der Waals surface area contributed by atoms with Gasteiger partial charge in [-0.1, -0.05) is 19.1 Å². The fraction of sp³-hybridized carbons (Fsp3) is 0.391. The smallest absolute Gasteiger partial charge is 0.203 e. The van der Waals surface area contributed by atoms with Crippen molar-refractivity contribution in [1.29, 1.82) is 0 Å². The first-order chi connectivity index (χ1) is 13.6. The number of anilines is 1. The first-order valence-corrected chi connectivity index (χ1v) is 9.55. The Hall–Kier alpha value is -2.82. The zero-order chi connectivity index (χ0) is 20.3. The van der Waals surface area contributed by atoms with Crippen LogP contribution in [-0.2, 0) is 6.42 Å². The summed E-state index contributed by atoms with van der Waals surface area (Å²) >= 11 is 0. The highest BCUT2D eigenvalue weighted by atomic mass is 16.5. The first kappa shape index (κ1) is 19.9. The van der Waals surface area contributed by atoms with Crippen LogP contribution in [-0.4, -0.2) is 28.4 Å². The highest BCUT2D eigenvalue weighted by molar-refractivity contribution is 5.86. The fourth-order valence-corrected chi connectivity index (χ4v) is 3.92. The number of hydrogen-bond donors (Lipinski definition) is 1. The molecular weight excluding hydrogens is 354 g/mol. The van der Waals surface area contributed by atoms with Gasteiger partial charge < -0.3 is 24.7 Å². The van der Waals surface area contributed by atoms with Crippen molar-refractivity contribution in [2.45, 2.75) is 26.2 Å². The van der Waals surface area contributed by atoms with Crippen LogP contribution in [0.25, 0.3) is 5.57 Å². The molecule has 5 heteroatoms. The largest absolute Gasteiger partial charge is 0.495 e. The van der Waals surface area contributed by atoms with E-state index in [1.165, 1.54) is 0 Å². The van der Waals surface area contributed by atoms with Crippen molar-refractivity contribution in [3.8, 4) is 23.0 Å². The Kier molecular flexibility index (Phi) is 6.02. The summed E-state index contributed by atoms with van der Waals surface area (Å²) in [6.07, 6.45) is 5.37. The maximum atomic E-state index is 6.20. The van der Waals surface area contributed by atoms with Gasteiger partial charge in [-0.25, -0.2) is 0 Å². The third-order valence-corrected chi connectivity index (χ3v) is 5.46. The zero-order valence-corrected chi connectivity index (χ0v) is 17.3. The minimum Gasteiger partial charge on any atom is -0.495 e. The minimum atomic E-state index is 0.465. The summed E-state index contributed by atoms with van der Waals surface area (Å²) in [7, 11) is 6.58. The van der Waals surface area contributed by atoms with Gasteiger partial charge >= 0.3 is 0 Å². The van der Waals surface area contributed by atoms with Gasteiger partial charge in [-0.3, -0.25) is 0 Å². The number of fused-ring (bicyclic) bond motifs is 1. The Morgan fingerprint density at radius 2 is 1.64 bits per heavy atom. The van der Waals surface area contributed by atoms with Crippen LogP contribution in [0.5, 0.6) is 23.0 Å². The van der Waals surface area contributed by atoms with E-state index in [1.807, 2.05) is 24.3 Å². The van der Waals surface area contributed by atoms with E-state index in [9.17, 15) is 0 Å². The molecule has 0 bridgehead atoms. The summed E-state index contributed by atoms with van der Waals surface area (Å²) in [5, 5.41) is 0. The number of hydrogen-bond acceptors (Lipinski definition) is 5. The molecule has 2 aromatic carbocycles. The molecule has 0 saturated heterocycles.